The number of carbonyl (C=O) groups is 1. The minimum Gasteiger partial charge on any atom is -0.460 e. The molecule has 110 valence electrons. The van der Waals surface area contributed by atoms with E-state index < -0.39 is 0 Å². The van der Waals surface area contributed by atoms with Crippen molar-refractivity contribution in [2.45, 2.75) is 6.61 Å². The van der Waals surface area contributed by atoms with Crippen molar-refractivity contribution in [3.63, 3.8) is 0 Å². The van der Waals surface area contributed by atoms with Gasteiger partial charge in [0, 0.05) is 13.1 Å². The van der Waals surface area contributed by atoms with Crippen molar-refractivity contribution in [3.8, 4) is 0 Å². The Labute approximate surface area is 124 Å². The molecular formula is C17H19NO3. The summed E-state index contributed by atoms with van der Waals surface area (Å²) in [5, 5.41) is 2.30. The van der Waals surface area contributed by atoms with E-state index in [2.05, 4.69) is 23.1 Å². The van der Waals surface area contributed by atoms with E-state index in [1.807, 2.05) is 24.3 Å². The Kier molecular flexibility index (Phi) is 4.48. The number of ether oxygens (including phenoxy) is 2. The third-order valence-corrected chi connectivity index (χ3v) is 3.73. The van der Waals surface area contributed by atoms with Gasteiger partial charge in [0.25, 0.3) is 0 Å². The van der Waals surface area contributed by atoms with Gasteiger partial charge in [0.2, 0.25) is 0 Å². The van der Waals surface area contributed by atoms with Crippen LogP contribution >= 0.6 is 0 Å². The summed E-state index contributed by atoms with van der Waals surface area (Å²) >= 11 is 0. The van der Waals surface area contributed by atoms with Crippen LogP contribution in [-0.4, -0.2) is 43.7 Å². The standard InChI is InChI=1S/C17H19NO3/c19-17(12-18-8-10-20-11-9-18)21-13-15-6-3-5-14-4-1-2-7-16(14)15/h1-7H,8-13H2. The number of rotatable bonds is 4. The number of fused-ring (bicyclic) bond motifs is 1. The molecular weight excluding hydrogens is 266 g/mol. The molecule has 1 aliphatic rings. The van der Waals surface area contributed by atoms with Crippen molar-refractivity contribution in [2.24, 2.45) is 0 Å². The molecule has 2 aromatic carbocycles. The van der Waals surface area contributed by atoms with E-state index in [4.69, 9.17) is 9.47 Å². The summed E-state index contributed by atoms with van der Waals surface area (Å²) in [6, 6.07) is 14.2. The number of esters is 1. The first kappa shape index (κ1) is 14.0. The molecule has 0 amide bonds. The van der Waals surface area contributed by atoms with Crippen LogP contribution in [0.1, 0.15) is 5.56 Å². The molecule has 21 heavy (non-hydrogen) atoms. The van der Waals surface area contributed by atoms with E-state index in [1.54, 1.807) is 0 Å². The van der Waals surface area contributed by atoms with Crippen LogP contribution in [0.25, 0.3) is 10.8 Å². The van der Waals surface area contributed by atoms with Crippen molar-refractivity contribution in [1.82, 2.24) is 4.90 Å². The molecule has 0 spiro atoms. The molecule has 0 aromatic heterocycles. The molecule has 1 saturated heterocycles. The Morgan fingerprint density at radius 1 is 1.10 bits per heavy atom. The molecule has 0 radical (unpaired) electrons. The summed E-state index contributed by atoms with van der Waals surface area (Å²) in [4.78, 5) is 14.0. The predicted molar refractivity (Wildman–Crippen MR) is 81.0 cm³/mol. The second-order valence-electron chi connectivity index (χ2n) is 5.19. The summed E-state index contributed by atoms with van der Waals surface area (Å²) in [6.07, 6.45) is 0. The maximum absolute atomic E-state index is 11.9. The molecule has 4 nitrogen and oxygen atoms in total. The third kappa shape index (κ3) is 3.60. The highest BCUT2D eigenvalue weighted by Crippen LogP contribution is 2.19. The summed E-state index contributed by atoms with van der Waals surface area (Å²) in [6.45, 7) is 3.64. The normalized spacial score (nSPS) is 16.0. The van der Waals surface area contributed by atoms with Gasteiger partial charge in [-0.05, 0) is 16.3 Å². The van der Waals surface area contributed by atoms with Gasteiger partial charge in [-0.15, -0.1) is 0 Å². The summed E-state index contributed by atoms with van der Waals surface area (Å²) in [5.41, 5.74) is 1.04. The largest absolute Gasteiger partial charge is 0.460 e. The predicted octanol–water partition coefficient (Wildman–Crippen LogP) is 2.22. The van der Waals surface area contributed by atoms with Gasteiger partial charge in [0.15, 0.2) is 0 Å². The van der Waals surface area contributed by atoms with E-state index in [0.717, 1.165) is 24.0 Å². The van der Waals surface area contributed by atoms with Crippen LogP contribution in [-0.2, 0) is 20.9 Å². The van der Waals surface area contributed by atoms with Gasteiger partial charge < -0.3 is 9.47 Å². The van der Waals surface area contributed by atoms with Gasteiger partial charge in [-0.2, -0.15) is 0 Å². The van der Waals surface area contributed by atoms with Crippen LogP contribution in [0.3, 0.4) is 0 Å². The zero-order chi connectivity index (χ0) is 14.5. The maximum atomic E-state index is 11.9. The first-order valence-corrected chi connectivity index (χ1v) is 7.25. The lowest BCUT2D eigenvalue weighted by molar-refractivity contribution is -0.147. The fourth-order valence-electron chi connectivity index (χ4n) is 2.56. The van der Waals surface area contributed by atoms with Crippen LogP contribution in [0, 0.1) is 0 Å². The van der Waals surface area contributed by atoms with Gasteiger partial charge in [-0.3, -0.25) is 9.69 Å². The fraction of sp³-hybridized carbons (Fsp3) is 0.353. The van der Waals surface area contributed by atoms with Gasteiger partial charge in [0.1, 0.15) is 6.61 Å². The molecule has 0 bridgehead atoms. The first-order chi connectivity index (χ1) is 10.3. The SMILES string of the molecule is O=C(CN1CCOCC1)OCc1cccc2ccccc12. The Morgan fingerprint density at radius 3 is 2.71 bits per heavy atom. The Bertz CT molecular complexity index is 615. The second-order valence-corrected chi connectivity index (χ2v) is 5.19. The molecule has 0 atom stereocenters. The van der Waals surface area contributed by atoms with Crippen molar-refractivity contribution in [3.05, 3.63) is 48.0 Å². The summed E-state index contributed by atoms with van der Waals surface area (Å²) in [5.74, 6) is -0.176. The number of carbonyl (C=O) groups excluding carboxylic acids is 1. The maximum Gasteiger partial charge on any atom is 0.320 e. The number of benzene rings is 2. The molecule has 4 heteroatoms. The third-order valence-electron chi connectivity index (χ3n) is 3.73. The van der Waals surface area contributed by atoms with Gasteiger partial charge >= 0.3 is 5.97 Å². The van der Waals surface area contributed by atoms with Crippen LogP contribution in [0.5, 0.6) is 0 Å². The average molecular weight is 285 g/mol. The lowest BCUT2D eigenvalue weighted by Gasteiger charge is -2.25. The summed E-state index contributed by atoms with van der Waals surface area (Å²) in [7, 11) is 0. The number of hydrogen-bond donors (Lipinski definition) is 0. The Balaban J connectivity index is 1.59. The molecule has 1 heterocycles. The lowest BCUT2D eigenvalue weighted by atomic mass is 10.1. The van der Waals surface area contributed by atoms with Crippen LogP contribution in [0.15, 0.2) is 42.5 Å². The molecule has 3 rings (SSSR count). The van der Waals surface area contributed by atoms with Crippen molar-refractivity contribution < 1.29 is 14.3 Å². The monoisotopic (exact) mass is 285 g/mol. The van der Waals surface area contributed by atoms with Crippen LogP contribution in [0.4, 0.5) is 0 Å². The van der Waals surface area contributed by atoms with E-state index in [9.17, 15) is 4.79 Å². The smallest absolute Gasteiger partial charge is 0.320 e. The number of nitrogens with zero attached hydrogens (tertiary/aromatic N) is 1. The number of hydrogen-bond acceptors (Lipinski definition) is 4. The fourth-order valence-corrected chi connectivity index (χ4v) is 2.56. The molecule has 1 aliphatic heterocycles. The van der Waals surface area contributed by atoms with Crippen LogP contribution in [0.2, 0.25) is 0 Å². The highest BCUT2D eigenvalue weighted by molar-refractivity contribution is 5.85. The molecule has 1 fully saturated rings. The van der Waals surface area contributed by atoms with E-state index in [1.165, 1.54) is 5.39 Å². The first-order valence-electron chi connectivity index (χ1n) is 7.25. The highest BCUT2D eigenvalue weighted by atomic mass is 16.5. The van der Waals surface area contributed by atoms with Crippen molar-refractivity contribution in [1.29, 1.82) is 0 Å². The van der Waals surface area contributed by atoms with Gasteiger partial charge in [-0.1, -0.05) is 42.5 Å². The minimum absolute atomic E-state index is 0.176. The van der Waals surface area contributed by atoms with Crippen LogP contribution < -0.4 is 0 Å². The highest BCUT2D eigenvalue weighted by Gasteiger charge is 2.15. The Hall–Kier alpha value is -1.91. The van der Waals surface area contributed by atoms with Crippen molar-refractivity contribution >= 4 is 16.7 Å². The second kappa shape index (κ2) is 6.70. The average Bonchev–Trinajstić information content (AvgIpc) is 2.54. The van der Waals surface area contributed by atoms with E-state index in [0.29, 0.717) is 26.4 Å². The van der Waals surface area contributed by atoms with Gasteiger partial charge in [0.05, 0.1) is 19.8 Å². The molecule has 0 N–H and O–H groups in total. The van der Waals surface area contributed by atoms with Crippen molar-refractivity contribution in [2.75, 3.05) is 32.8 Å². The molecule has 2 aromatic rings. The topological polar surface area (TPSA) is 38.8 Å². The molecule has 0 aliphatic carbocycles. The summed E-state index contributed by atoms with van der Waals surface area (Å²) < 4.78 is 10.7. The quantitative estimate of drug-likeness (QED) is 0.807. The molecule has 0 unspecified atom stereocenters. The van der Waals surface area contributed by atoms with E-state index in [-0.39, 0.29) is 5.97 Å². The molecule has 0 saturated carbocycles. The minimum atomic E-state index is -0.176. The number of morpholine rings is 1. The van der Waals surface area contributed by atoms with Gasteiger partial charge in [-0.25, -0.2) is 0 Å². The zero-order valence-electron chi connectivity index (χ0n) is 12.0. The zero-order valence-corrected chi connectivity index (χ0v) is 12.0. The van der Waals surface area contributed by atoms with E-state index >= 15 is 0 Å². The Morgan fingerprint density at radius 2 is 1.86 bits per heavy atom. The lowest BCUT2D eigenvalue weighted by Crippen LogP contribution is -2.40.